The van der Waals surface area contributed by atoms with E-state index in [1.807, 2.05) is 6.92 Å². The quantitative estimate of drug-likeness (QED) is 0.354. The van der Waals surface area contributed by atoms with E-state index in [1.165, 1.54) is 0 Å². The van der Waals surface area contributed by atoms with Crippen molar-refractivity contribution in [2.45, 2.75) is 31.9 Å². The number of hydrazine groups is 1. The van der Waals surface area contributed by atoms with Crippen molar-refractivity contribution in [2.24, 2.45) is 5.84 Å². The summed E-state index contributed by atoms with van der Waals surface area (Å²) in [5.41, 5.74) is 2.40. The van der Waals surface area contributed by atoms with Gasteiger partial charge in [0.05, 0.1) is 11.6 Å². The van der Waals surface area contributed by atoms with Gasteiger partial charge in [-0.05, 0) is 13.3 Å². The van der Waals surface area contributed by atoms with Crippen LogP contribution < -0.4 is 11.3 Å². The summed E-state index contributed by atoms with van der Waals surface area (Å²) < 4.78 is 5.32. The highest BCUT2D eigenvalue weighted by Crippen LogP contribution is 2.18. The Morgan fingerprint density at radius 3 is 2.45 bits per heavy atom. The van der Waals surface area contributed by atoms with Gasteiger partial charge in [0, 0.05) is 7.11 Å². The molecule has 11 heavy (non-hydrogen) atoms. The zero-order valence-corrected chi connectivity index (χ0v) is 7.55. The van der Waals surface area contributed by atoms with Crippen molar-refractivity contribution in [3.05, 3.63) is 12.7 Å². The monoisotopic (exact) mass is 158 g/mol. The van der Waals surface area contributed by atoms with Crippen LogP contribution in [0.3, 0.4) is 0 Å². The average Bonchev–Trinajstić information content (AvgIpc) is 2.06. The van der Waals surface area contributed by atoms with Gasteiger partial charge in [-0.25, -0.2) is 0 Å². The van der Waals surface area contributed by atoms with Crippen LogP contribution in [0.1, 0.15) is 20.3 Å². The third-order valence-electron chi connectivity index (χ3n) is 2.24. The van der Waals surface area contributed by atoms with Gasteiger partial charge in [0.15, 0.2) is 0 Å². The summed E-state index contributed by atoms with van der Waals surface area (Å²) in [5.74, 6) is 5.32. The predicted octanol–water partition coefficient (Wildman–Crippen LogP) is 0.819. The van der Waals surface area contributed by atoms with Crippen LogP contribution in [-0.2, 0) is 4.74 Å². The first-order valence-electron chi connectivity index (χ1n) is 3.78. The first-order chi connectivity index (χ1) is 5.14. The summed E-state index contributed by atoms with van der Waals surface area (Å²) in [6.45, 7) is 7.72. The lowest BCUT2D eigenvalue weighted by Gasteiger charge is -2.33. The molecule has 0 saturated heterocycles. The Morgan fingerprint density at radius 1 is 1.82 bits per heavy atom. The minimum Gasteiger partial charge on any atom is -0.377 e. The zero-order valence-electron chi connectivity index (χ0n) is 7.55. The summed E-state index contributed by atoms with van der Waals surface area (Å²) in [4.78, 5) is 0. The van der Waals surface area contributed by atoms with E-state index in [4.69, 9.17) is 10.6 Å². The van der Waals surface area contributed by atoms with E-state index in [1.54, 1.807) is 13.2 Å². The first kappa shape index (κ1) is 10.6. The summed E-state index contributed by atoms with van der Waals surface area (Å²) in [6.07, 6.45) is 2.65. The van der Waals surface area contributed by atoms with Gasteiger partial charge < -0.3 is 4.74 Å². The van der Waals surface area contributed by atoms with Crippen molar-refractivity contribution in [2.75, 3.05) is 7.11 Å². The largest absolute Gasteiger partial charge is 0.377 e. The van der Waals surface area contributed by atoms with Gasteiger partial charge in [0.1, 0.15) is 0 Å². The van der Waals surface area contributed by atoms with Crippen molar-refractivity contribution in [1.82, 2.24) is 5.43 Å². The molecule has 0 amide bonds. The maximum atomic E-state index is 5.32. The molecule has 0 aromatic carbocycles. The highest BCUT2D eigenvalue weighted by molar-refractivity contribution is 4.98. The fourth-order valence-corrected chi connectivity index (χ4v) is 0.985. The molecule has 0 fully saturated rings. The van der Waals surface area contributed by atoms with Crippen molar-refractivity contribution in [3.63, 3.8) is 0 Å². The summed E-state index contributed by atoms with van der Waals surface area (Å²) in [5, 5.41) is 0. The fourth-order valence-electron chi connectivity index (χ4n) is 0.985. The number of methoxy groups -OCH3 is 1. The van der Waals surface area contributed by atoms with Gasteiger partial charge in [0.2, 0.25) is 0 Å². The minimum atomic E-state index is -0.253. The van der Waals surface area contributed by atoms with Gasteiger partial charge >= 0.3 is 0 Å². The number of rotatable bonds is 5. The molecule has 2 unspecified atom stereocenters. The maximum Gasteiger partial charge on any atom is 0.0848 e. The van der Waals surface area contributed by atoms with Crippen LogP contribution in [0, 0.1) is 0 Å². The highest BCUT2D eigenvalue weighted by Gasteiger charge is 2.29. The number of nitrogens with two attached hydrogens (primary N) is 1. The molecule has 0 aromatic rings. The molecule has 3 N–H and O–H groups in total. The molecule has 0 aliphatic rings. The third kappa shape index (κ3) is 2.29. The van der Waals surface area contributed by atoms with Gasteiger partial charge in [-0.1, -0.05) is 13.0 Å². The van der Waals surface area contributed by atoms with E-state index in [9.17, 15) is 0 Å². The average molecular weight is 158 g/mol. The smallest absolute Gasteiger partial charge is 0.0848 e. The zero-order chi connectivity index (χ0) is 8.91. The second-order valence-electron chi connectivity index (χ2n) is 2.75. The molecule has 0 aromatic heterocycles. The SMILES string of the molecule is C=CC(NN)C(C)(CC)OC. The lowest BCUT2D eigenvalue weighted by molar-refractivity contribution is -0.0161. The summed E-state index contributed by atoms with van der Waals surface area (Å²) in [6, 6.07) is -0.00231. The molecule has 0 rings (SSSR count). The molecular formula is C8H18N2O. The molecule has 0 heterocycles. The highest BCUT2D eigenvalue weighted by atomic mass is 16.5. The number of hydrogen-bond donors (Lipinski definition) is 2. The third-order valence-corrected chi connectivity index (χ3v) is 2.24. The molecule has 0 bridgehead atoms. The van der Waals surface area contributed by atoms with Crippen molar-refractivity contribution >= 4 is 0 Å². The van der Waals surface area contributed by atoms with Gasteiger partial charge in [-0.3, -0.25) is 11.3 Å². The standard InChI is InChI=1S/C8H18N2O/c1-5-7(10-9)8(3,6-2)11-4/h5,7,10H,1,6,9H2,2-4H3. The molecule has 0 spiro atoms. The van der Waals surface area contributed by atoms with E-state index in [2.05, 4.69) is 18.9 Å². The minimum absolute atomic E-state index is 0.00231. The second kappa shape index (κ2) is 4.49. The van der Waals surface area contributed by atoms with Crippen LogP contribution in [0.4, 0.5) is 0 Å². The number of ether oxygens (including phenoxy) is 1. The molecular weight excluding hydrogens is 140 g/mol. The van der Waals surface area contributed by atoms with E-state index in [-0.39, 0.29) is 11.6 Å². The van der Waals surface area contributed by atoms with Crippen LogP contribution in [0.2, 0.25) is 0 Å². The lowest BCUT2D eigenvalue weighted by Crippen LogP contribution is -2.51. The van der Waals surface area contributed by atoms with Gasteiger partial charge in [0.25, 0.3) is 0 Å². The van der Waals surface area contributed by atoms with Crippen LogP contribution in [0.25, 0.3) is 0 Å². The molecule has 0 aliphatic carbocycles. The molecule has 3 nitrogen and oxygen atoms in total. The van der Waals surface area contributed by atoms with Crippen molar-refractivity contribution in [1.29, 1.82) is 0 Å². The molecule has 0 aliphatic heterocycles. The van der Waals surface area contributed by atoms with E-state index in [0.29, 0.717) is 0 Å². The predicted molar refractivity (Wildman–Crippen MR) is 47.0 cm³/mol. The first-order valence-corrected chi connectivity index (χ1v) is 3.78. The fraction of sp³-hybridized carbons (Fsp3) is 0.750. The van der Waals surface area contributed by atoms with Gasteiger partial charge in [-0.2, -0.15) is 0 Å². The Morgan fingerprint density at radius 2 is 2.36 bits per heavy atom. The van der Waals surface area contributed by atoms with Crippen LogP contribution in [-0.4, -0.2) is 18.8 Å². The van der Waals surface area contributed by atoms with Crippen LogP contribution in [0.15, 0.2) is 12.7 Å². The lowest BCUT2D eigenvalue weighted by atomic mass is 9.94. The molecule has 2 atom stereocenters. The molecule has 0 saturated carbocycles. The topological polar surface area (TPSA) is 47.3 Å². The normalized spacial score (nSPS) is 18.9. The molecule has 66 valence electrons. The van der Waals surface area contributed by atoms with E-state index in [0.717, 1.165) is 6.42 Å². The number of nitrogens with one attached hydrogen (secondary N) is 1. The van der Waals surface area contributed by atoms with Gasteiger partial charge in [-0.15, -0.1) is 6.58 Å². The Labute approximate surface area is 68.6 Å². The van der Waals surface area contributed by atoms with E-state index < -0.39 is 0 Å². The molecule has 3 heteroatoms. The maximum absolute atomic E-state index is 5.32. The Hall–Kier alpha value is -0.380. The Balaban J connectivity index is 4.30. The molecule has 0 radical (unpaired) electrons. The Bertz CT molecular complexity index is 121. The Kier molecular flexibility index (Phi) is 4.33. The van der Waals surface area contributed by atoms with Crippen LogP contribution >= 0.6 is 0 Å². The van der Waals surface area contributed by atoms with Crippen molar-refractivity contribution < 1.29 is 4.74 Å². The summed E-state index contributed by atoms with van der Waals surface area (Å²) in [7, 11) is 1.68. The number of hydrogen-bond acceptors (Lipinski definition) is 3. The van der Waals surface area contributed by atoms with Crippen molar-refractivity contribution in [3.8, 4) is 0 Å². The summed E-state index contributed by atoms with van der Waals surface area (Å²) >= 11 is 0. The van der Waals surface area contributed by atoms with E-state index >= 15 is 0 Å². The second-order valence-corrected chi connectivity index (χ2v) is 2.75. The van der Waals surface area contributed by atoms with Crippen LogP contribution in [0.5, 0.6) is 0 Å².